The van der Waals surface area contributed by atoms with Crippen molar-refractivity contribution >= 4 is 0 Å². The van der Waals surface area contributed by atoms with Gasteiger partial charge in [0.25, 0.3) is 0 Å². The van der Waals surface area contributed by atoms with Crippen LogP contribution in [0.3, 0.4) is 0 Å². The summed E-state index contributed by atoms with van der Waals surface area (Å²) in [5.41, 5.74) is 0.907. The van der Waals surface area contributed by atoms with E-state index in [1.807, 2.05) is 6.08 Å². The molecule has 0 amide bonds. The fourth-order valence-corrected chi connectivity index (χ4v) is 5.27. The minimum absolute atomic E-state index is 0.00340. The summed E-state index contributed by atoms with van der Waals surface area (Å²) in [6, 6.07) is 1.12. The summed E-state index contributed by atoms with van der Waals surface area (Å²) in [6.45, 7) is 1.39. The van der Waals surface area contributed by atoms with E-state index in [0.717, 1.165) is 31.7 Å². The fraction of sp³-hybridized carbons (Fsp3) is 0.652. The highest BCUT2D eigenvalue weighted by Crippen LogP contribution is 2.45. The van der Waals surface area contributed by atoms with Crippen molar-refractivity contribution in [2.24, 2.45) is 17.8 Å². The maximum absolute atomic E-state index is 14.3. The number of hydrogen-bond acceptors (Lipinski definition) is 0. The van der Waals surface area contributed by atoms with E-state index in [0.29, 0.717) is 35.3 Å². The molecule has 0 saturated heterocycles. The van der Waals surface area contributed by atoms with E-state index in [-0.39, 0.29) is 12.6 Å². The number of alkyl halides is 1. The third-order valence-corrected chi connectivity index (χ3v) is 6.75. The molecule has 150 valence electrons. The van der Waals surface area contributed by atoms with Crippen molar-refractivity contribution in [3.8, 4) is 0 Å². The van der Waals surface area contributed by atoms with E-state index in [2.05, 4.69) is 6.08 Å². The molecule has 2 fully saturated rings. The van der Waals surface area contributed by atoms with Crippen LogP contribution < -0.4 is 0 Å². The lowest BCUT2D eigenvalue weighted by Gasteiger charge is -2.38. The average Bonchev–Trinajstić information content (AvgIpc) is 2.68. The summed E-state index contributed by atoms with van der Waals surface area (Å²) in [5.74, 6) is -1.47. The lowest BCUT2D eigenvalue weighted by atomic mass is 9.68. The van der Waals surface area contributed by atoms with Gasteiger partial charge in [0, 0.05) is 0 Å². The Balaban J connectivity index is 1.54. The number of rotatable bonds is 5. The molecule has 2 aliphatic carbocycles. The largest absolute Gasteiger partial charge is 0.251 e. The Labute approximate surface area is 160 Å². The van der Waals surface area contributed by atoms with Crippen LogP contribution >= 0.6 is 0 Å². The highest BCUT2D eigenvalue weighted by Gasteiger charge is 2.33. The van der Waals surface area contributed by atoms with E-state index < -0.39 is 17.5 Å². The maximum Gasteiger partial charge on any atom is 0.194 e. The molecule has 0 atom stereocenters. The van der Waals surface area contributed by atoms with Crippen molar-refractivity contribution in [1.82, 2.24) is 0 Å². The van der Waals surface area contributed by atoms with Crippen LogP contribution in [0.25, 0.3) is 0 Å². The summed E-state index contributed by atoms with van der Waals surface area (Å²) in [6.07, 6.45) is 13.2. The van der Waals surface area contributed by atoms with E-state index in [1.165, 1.54) is 25.7 Å². The molecule has 0 unspecified atom stereocenters. The van der Waals surface area contributed by atoms with Gasteiger partial charge in [-0.25, -0.2) is 13.2 Å². The van der Waals surface area contributed by atoms with E-state index in [9.17, 15) is 17.6 Å². The van der Waals surface area contributed by atoms with Crippen molar-refractivity contribution in [3.63, 3.8) is 0 Å². The molecule has 27 heavy (non-hydrogen) atoms. The number of benzene rings is 1. The molecule has 0 nitrogen and oxygen atoms in total. The molecule has 2 saturated carbocycles. The van der Waals surface area contributed by atoms with Crippen LogP contribution in [0.4, 0.5) is 17.6 Å². The van der Waals surface area contributed by atoms with E-state index >= 15 is 0 Å². The van der Waals surface area contributed by atoms with Crippen molar-refractivity contribution < 1.29 is 17.6 Å². The number of halogens is 4. The molecule has 0 heterocycles. The predicted molar refractivity (Wildman–Crippen MR) is 101 cm³/mol. The second-order valence-corrected chi connectivity index (χ2v) is 8.41. The Morgan fingerprint density at radius 1 is 0.889 bits per heavy atom. The zero-order chi connectivity index (χ0) is 19.4. The Kier molecular flexibility index (Phi) is 6.99. The van der Waals surface area contributed by atoms with Crippen LogP contribution in [0.15, 0.2) is 18.2 Å². The average molecular weight is 382 g/mol. The monoisotopic (exact) mass is 382 g/mol. The Bertz CT molecular complexity index is 651. The predicted octanol–water partition coefficient (Wildman–Crippen LogP) is 7.41. The SMILES string of the molecule is Cc1cc(F)c(F)c(F)c1C1CCC(C2CCC(/C=C/CCF)CC2)CC1. The summed E-state index contributed by atoms with van der Waals surface area (Å²) in [7, 11) is 0. The molecule has 0 aliphatic heterocycles. The molecule has 1 aromatic rings. The molecule has 0 aromatic heterocycles. The summed E-state index contributed by atoms with van der Waals surface area (Å²) in [4.78, 5) is 0. The summed E-state index contributed by atoms with van der Waals surface area (Å²) >= 11 is 0. The van der Waals surface area contributed by atoms with Crippen LogP contribution in [0.1, 0.15) is 74.8 Å². The Morgan fingerprint density at radius 2 is 1.48 bits per heavy atom. The number of aryl methyl sites for hydroxylation is 1. The standard InChI is InChI=1S/C23H30F4/c1-15-14-20(25)22(26)23(27)21(15)19-11-9-18(10-12-19)17-7-5-16(6-8-17)4-2-3-13-24/h2,4,14,16-19H,3,5-13H2,1H3/b4-2+. The second-order valence-electron chi connectivity index (χ2n) is 8.41. The molecule has 0 bridgehead atoms. The molecular formula is C23H30F4. The van der Waals surface area contributed by atoms with Gasteiger partial charge in [0.05, 0.1) is 6.67 Å². The first-order valence-corrected chi connectivity index (χ1v) is 10.4. The highest BCUT2D eigenvalue weighted by molar-refractivity contribution is 5.33. The topological polar surface area (TPSA) is 0 Å². The highest BCUT2D eigenvalue weighted by atomic mass is 19.2. The van der Waals surface area contributed by atoms with Crippen LogP contribution in [0.5, 0.6) is 0 Å². The van der Waals surface area contributed by atoms with Crippen LogP contribution in [-0.4, -0.2) is 6.67 Å². The third kappa shape index (κ3) is 4.75. The van der Waals surface area contributed by atoms with Gasteiger partial charge in [-0.3, -0.25) is 4.39 Å². The molecule has 4 heteroatoms. The minimum atomic E-state index is -1.34. The summed E-state index contributed by atoms with van der Waals surface area (Å²) in [5, 5.41) is 0. The van der Waals surface area contributed by atoms with Gasteiger partial charge in [0.2, 0.25) is 0 Å². The summed E-state index contributed by atoms with van der Waals surface area (Å²) < 4.78 is 53.5. The first kappa shape index (κ1) is 20.4. The molecule has 0 spiro atoms. The van der Waals surface area contributed by atoms with E-state index in [1.54, 1.807) is 6.92 Å². The Hall–Kier alpha value is -1.32. The van der Waals surface area contributed by atoms with Gasteiger partial charge in [0.15, 0.2) is 17.5 Å². The van der Waals surface area contributed by atoms with Crippen LogP contribution in [0, 0.1) is 42.1 Å². The molecule has 1 aromatic carbocycles. The zero-order valence-electron chi connectivity index (χ0n) is 16.1. The molecule has 2 aliphatic rings. The van der Waals surface area contributed by atoms with E-state index in [4.69, 9.17) is 0 Å². The van der Waals surface area contributed by atoms with Crippen LogP contribution in [-0.2, 0) is 0 Å². The van der Waals surface area contributed by atoms with Gasteiger partial charge < -0.3 is 0 Å². The Morgan fingerprint density at radius 3 is 2.07 bits per heavy atom. The first-order chi connectivity index (χ1) is 13.0. The van der Waals surface area contributed by atoms with Gasteiger partial charge >= 0.3 is 0 Å². The van der Waals surface area contributed by atoms with Gasteiger partial charge in [-0.15, -0.1) is 0 Å². The van der Waals surface area contributed by atoms with Crippen molar-refractivity contribution in [2.75, 3.05) is 6.67 Å². The smallest absolute Gasteiger partial charge is 0.194 e. The van der Waals surface area contributed by atoms with Gasteiger partial charge in [-0.1, -0.05) is 12.2 Å². The second kappa shape index (κ2) is 9.25. The van der Waals surface area contributed by atoms with Gasteiger partial charge in [0.1, 0.15) is 0 Å². The fourth-order valence-electron chi connectivity index (χ4n) is 5.27. The number of hydrogen-bond donors (Lipinski definition) is 0. The lowest BCUT2D eigenvalue weighted by molar-refractivity contribution is 0.170. The molecule has 3 rings (SSSR count). The quantitative estimate of drug-likeness (QED) is 0.283. The number of allylic oxidation sites excluding steroid dienone is 2. The lowest BCUT2D eigenvalue weighted by Crippen LogP contribution is -2.25. The minimum Gasteiger partial charge on any atom is -0.251 e. The maximum atomic E-state index is 14.3. The molecule has 0 radical (unpaired) electrons. The van der Waals surface area contributed by atoms with Crippen molar-refractivity contribution in [1.29, 1.82) is 0 Å². The zero-order valence-corrected chi connectivity index (χ0v) is 16.1. The normalized spacial score (nSPS) is 29.4. The first-order valence-electron chi connectivity index (χ1n) is 10.4. The van der Waals surface area contributed by atoms with Crippen molar-refractivity contribution in [3.05, 3.63) is 46.8 Å². The molecule has 0 N–H and O–H groups in total. The van der Waals surface area contributed by atoms with Gasteiger partial charge in [-0.2, -0.15) is 0 Å². The van der Waals surface area contributed by atoms with Crippen molar-refractivity contribution in [2.45, 2.75) is 70.6 Å². The van der Waals surface area contributed by atoms with Gasteiger partial charge in [-0.05, 0) is 106 Å². The molecular weight excluding hydrogens is 352 g/mol. The third-order valence-electron chi connectivity index (χ3n) is 6.75. The van der Waals surface area contributed by atoms with Crippen LogP contribution in [0.2, 0.25) is 0 Å².